The van der Waals surface area contributed by atoms with Crippen molar-refractivity contribution in [3.63, 3.8) is 0 Å². The number of hydrogen-bond donors (Lipinski definition) is 0. The van der Waals surface area contributed by atoms with Crippen LogP contribution in [0.1, 0.15) is 11.7 Å². The van der Waals surface area contributed by atoms with Crippen molar-refractivity contribution in [1.29, 1.82) is 0 Å². The van der Waals surface area contributed by atoms with Crippen LogP contribution in [0.4, 0.5) is 0 Å². The molecule has 0 aliphatic carbocycles. The van der Waals surface area contributed by atoms with Crippen molar-refractivity contribution in [1.82, 2.24) is 30.3 Å². The molecule has 3 aromatic rings. The number of halogens is 1. The Balaban J connectivity index is 1.81. The van der Waals surface area contributed by atoms with Crippen molar-refractivity contribution in [2.45, 2.75) is 13.5 Å². The lowest BCUT2D eigenvalue weighted by Gasteiger charge is -1.94. The molecule has 1 aromatic carbocycles. The van der Waals surface area contributed by atoms with Gasteiger partial charge >= 0.3 is 0 Å². The molecule has 96 valence electrons. The highest BCUT2D eigenvalue weighted by Gasteiger charge is 2.09. The number of hydrogen-bond acceptors (Lipinski definition) is 6. The van der Waals surface area contributed by atoms with Gasteiger partial charge in [0.2, 0.25) is 11.7 Å². The molecule has 0 bridgehead atoms. The summed E-state index contributed by atoms with van der Waals surface area (Å²) in [5, 5.41) is 16.0. The largest absolute Gasteiger partial charge is 0.340 e. The first-order valence-electron chi connectivity index (χ1n) is 5.53. The minimum Gasteiger partial charge on any atom is -0.340 e. The van der Waals surface area contributed by atoms with Crippen molar-refractivity contribution in [3.05, 3.63) is 40.5 Å². The Morgan fingerprint density at radius 1 is 1.26 bits per heavy atom. The van der Waals surface area contributed by atoms with Gasteiger partial charge in [0.15, 0.2) is 5.82 Å². The molecule has 3 rings (SSSR count). The van der Waals surface area contributed by atoms with E-state index in [0.717, 1.165) is 10.0 Å². The molecule has 0 spiro atoms. The van der Waals surface area contributed by atoms with Crippen molar-refractivity contribution in [3.8, 4) is 11.4 Å². The Morgan fingerprint density at radius 2 is 2.05 bits per heavy atom. The van der Waals surface area contributed by atoms with Gasteiger partial charge in [0, 0.05) is 17.0 Å². The van der Waals surface area contributed by atoms with E-state index in [1.807, 2.05) is 24.3 Å². The maximum absolute atomic E-state index is 4.89. The van der Waals surface area contributed by atoms with Gasteiger partial charge in [-0.1, -0.05) is 21.1 Å². The Labute approximate surface area is 116 Å². The van der Waals surface area contributed by atoms with Crippen molar-refractivity contribution >= 4 is 15.9 Å². The van der Waals surface area contributed by atoms with Gasteiger partial charge in [-0.2, -0.15) is 9.78 Å². The highest BCUT2D eigenvalue weighted by Crippen LogP contribution is 2.17. The molecule has 2 aromatic heterocycles. The van der Waals surface area contributed by atoms with E-state index < -0.39 is 0 Å². The fourth-order valence-corrected chi connectivity index (χ4v) is 1.82. The van der Waals surface area contributed by atoms with Crippen LogP contribution in [-0.2, 0) is 6.54 Å². The molecule has 0 amide bonds. The Morgan fingerprint density at radius 3 is 2.74 bits per heavy atom. The summed E-state index contributed by atoms with van der Waals surface area (Å²) in [5.41, 5.74) is 0.902. The van der Waals surface area contributed by atoms with Gasteiger partial charge in [-0.05, 0) is 29.5 Å². The lowest BCUT2D eigenvalue weighted by Crippen LogP contribution is -2.05. The molecular formula is C11H9BrN6O. The van der Waals surface area contributed by atoms with Crippen LogP contribution in [0.5, 0.6) is 0 Å². The Kier molecular flexibility index (Phi) is 3.08. The van der Waals surface area contributed by atoms with Crippen LogP contribution in [-0.4, -0.2) is 30.3 Å². The first kappa shape index (κ1) is 12.0. The predicted octanol–water partition coefficient (Wildman–Crippen LogP) is 1.84. The van der Waals surface area contributed by atoms with Crippen LogP contribution in [0.3, 0.4) is 0 Å². The number of tetrazole rings is 1. The Bertz CT molecular complexity index is 689. The number of aryl methyl sites for hydroxylation is 1. The summed E-state index contributed by atoms with van der Waals surface area (Å²) in [6.07, 6.45) is 0. The minimum absolute atomic E-state index is 0.334. The number of rotatable bonds is 3. The van der Waals surface area contributed by atoms with E-state index in [9.17, 15) is 0 Å². The molecule has 7 nitrogen and oxygen atoms in total. The van der Waals surface area contributed by atoms with Crippen molar-refractivity contribution in [2.75, 3.05) is 0 Å². The number of nitrogens with zero attached hydrogens (tertiary/aromatic N) is 6. The molecule has 0 radical (unpaired) electrons. The first-order chi connectivity index (χ1) is 9.20. The lowest BCUT2D eigenvalue weighted by atomic mass is 10.2. The normalized spacial score (nSPS) is 10.8. The molecule has 0 saturated carbocycles. The highest BCUT2D eigenvalue weighted by atomic mass is 79.9. The summed E-state index contributed by atoms with van der Waals surface area (Å²) in [7, 11) is 0. The second-order valence-corrected chi connectivity index (χ2v) is 4.80. The fourth-order valence-electron chi connectivity index (χ4n) is 1.56. The molecule has 0 aliphatic rings. The number of benzene rings is 1. The van der Waals surface area contributed by atoms with Crippen molar-refractivity contribution < 1.29 is 4.52 Å². The summed E-state index contributed by atoms with van der Waals surface area (Å²) in [6, 6.07) is 7.70. The quantitative estimate of drug-likeness (QED) is 0.732. The second-order valence-electron chi connectivity index (χ2n) is 3.88. The molecule has 0 atom stereocenters. The van der Waals surface area contributed by atoms with Gasteiger partial charge in [-0.15, -0.1) is 10.2 Å². The number of aromatic nitrogens is 6. The first-order valence-corrected chi connectivity index (χ1v) is 6.33. The summed E-state index contributed by atoms with van der Waals surface area (Å²) in [6.45, 7) is 2.07. The maximum Gasteiger partial charge on any atom is 0.223 e. The predicted molar refractivity (Wildman–Crippen MR) is 69.1 cm³/mol. The van der Waals surface area contributed by atoms with Crippen LogP contribution in [0.25, 0.3) is 11.4 Å². The molecule has 8 heteroatoms. The van der Waals surface area contributed by atoms with E-state index in [0.29, 0.717) is 24.1 Å². The fraction of sp³-hybridized carbons (Fsp3) is 0.182. The van der Waals surface area contributed by atoms with E-state index in [4.69, 9.17) is 4.52 Å². The summed E-state index contributed by atoms with van der Waals surface area (Å²) in [4.78, 5) is 5.52. The van der Waals surface area contributed by atoms with Gasteiger partial charge in [0.05, 0.1) is 0 Å². The smallest absolute Gasteiger partial charge is 0.223 e. The SMILES string of the molecule is Cc1nc(Cn2nnc(-c3ccc(Br)cc3)n2)no1. The average Bonchev–Trinajstić information content (AvgIpc) is 3.00. The van der Waals surface area contributed by atoms with Gasteiger partial charge in [0.25, 0.3) is 0 Å². The van der Waals surface area contributed by atoms with Gasteiger partial charge in [-0.3, -0.25) is 0 Å². The van der Waals surface area contributed by atoms with E-state index in [2.05, 4.69) is 41.5 Å². The van der Waals surface area contributed by atoms with Crippen LogP contribution in [0.15, 0.2) is 33.3 Å². The Hall–Kier alpha value is -2.09. The molecule has 0 saturated heterocycles. The third-order valence-electron chi connectivity index (χ3n) is 2.41. The molecule has 0 fully saturated rings. The zero-order valence-corrected chi connectivity index (χ0v) is 11.6. The lowest BCUT2D eigenvalue weighted by molar-refractivity contribution is 0.383. The molecule has 0 unspecified atom stereocenters. The van der Waals surface area contributed by atoms with Crippen LogP contribution in [0, 0.1) is 6.92 Å². The molecular weight excluding hydrogens is 312 g/mol. The molecule has 19 heavy (non-hydrogen) atoms. The molecule has 0 aliphatic heterocycles. The summed E-state index contributed by atoms with van der Waals surface area (Å²) >= 11 is 3.38. The topological polar surface area (TPSA) is 82.5 Å². The van der Waals surface area contributed by atoms with Gasteiger partial charge in [0.1, 0.15) is 6.54 Å². The van der Waals surface area contributed by atoms with E-state index >= 15 is 0 Å². The van der Waals surface area contributed by atoms with E-state index in [1.54, 1.807) is 6.92 Å². The monoisotopic (exact) mass is 320 g/mol. The van der Waals surface area contributed by atoms with Crippen LogP contribution in [0.2, 0.25) is 0 Å². The third-order valence-corrected chi connectivity index (χ3v) is 2.94. The van der Waals surface area contributed by atoms with Crippen LogP contribution < -0.4 is 0 Å². The minimum atomic E-state index is 0.334. The van der Waals surface area contributed by atoms with Gasteiger partial charge < -0.3 is 4.52 Å². The third kappa shape index (κ3) is 2.68. The van der Waals surface area contributed by atoms with Crippen LogP contribution >= 0.6 is 15.9 Å². The molecule has 2 heterocycles. The van der Waals surface area contributed by atoms with E-state index in [-0.39, 0.29) is 0 Å². The van der Waals surface area contributed by atoms with E-state index in [1.165, 1.54) is 4.80 Å². The van der Waals surface area contributed by atoms with Crippen molar-refractivity contribution in [2.24, 2.45) is 0 Å². The summed E-state index contributed by atoms with van der Waals surface area (Å²) in [5.74, 6) is 1.60. The van der Waals surface area contributed by atoms with Gasteiger partial charge in [-0.25, -0.2) is 0 Å². The highest BCUT2D eigenvalue weighted by molar-refractivity contribution is 9.10. The standard InChI is InChI=1S/C11H9BrN6O/c1-7-13-10(16-19-7)6-18-15-11(14-17-18)8-2-4-9(12)5-3-8/h2-5H,6H2,1H3. The zero-order valence-electron chi connectivity index (χ0n) is 9.99. The maximum atomic E-state index is 4.89. The zero-order chi connectivity index (χ0) is 13.2. The second kappa shape index (κ2) is 4.88. The average molecular weight is 321 g/mol. The summed E-state index contributed by atoms with van der Waals surface area (Å²) < 4.78 is 5.89. The molecule has 0 N–H and O–H groups in total.